The lowest BCUT2D eigenvalue weighted by Crippen LogP contribution is -2.26. The van der Waals surface area contributed by atoms with Crippen LogP contribution in [0.25, 0.3) is 0 Å². The fourth-order valence-electron chi connectivity index (χ4n) is 1.95. The second-order valence-corrected chi connectivity index (χ2v) is 7.98. The zero-order valence-corrected chi connectivity index (χ0v) is 14.7. The highest BCUT2D eigenvalue weighted by molar-refractivity contribution is 7.98. The van der Waals surface area contributed by atoms with Crippen molar-refractivity contribution in [3.05, 3.63) is 46.3 Å². The first kappa shape index (κ1) is 17.3. The van der Waals surface area contributed by atoms with Crippen LogP contribution in [0.2, 0.25) is 5.02 Å². The van der Waals surface area contributed by atoms with Crippen LogP contribution in [0, 0.1) is 13.8 Å². The summed E-state index contributed by atoms with van der Waals surface area (Å²) in [6.45, 7) is 3.55. The third-order valence-corrected chi connectivity index (χ3v) is 5.94. The summed E-state index contributed by atoms with van der Waals surface area (Å²) in [7, 11) is -3.57. The van der Waals surface area contributed by atoms with Crippen molar-refractivity contribution in [2.24, 2.45) is 0 Å². The number of hydrogen-bond acceptors (Lipinski definition) is 5. The summed E-state index contributed by atoms with van der Waals surface area (Å²) in [6, 6.07) is 7.61. The standard InChI is InChI=1S/C14H17ClN2O3S2/c1-10-14(11(2)20-17-10)22(18,19)16-7-8-21-9-12-3-5-13(15)6-4-12/h3-6,16H,7-9H2,1-2H3. The van der Waals surface area contributed by atoms with Gasteiger partial charge in [0.25, 0.3) is 0 Å². The van der Waals surface area contributed by atoms with E-state index in [0.29, 0.717) is 28.8 Å². The first-order valence-electron chi connectivity index (χ1n) is 6.65. The van der Waals surface area contributed by atoms with Crippen LogP contribution in [0.15, 0.2) is 33.7 Å². The maximum Gasteiger partial charge on any atom is 0.245 e. The van der Waals surface area contributed by atoms with Gasteiger partial charge in [0.2, 0.25) is 10.0 Å². The molecule has 0 aliphatic heterocycles. The summed E-state index contributed by atoms with van der Waals surface area (Å²) >= 11 is 7.47. The van der Waals surface area contributed by atoms with E-state index in [1.165, 1.54) is 0 Å². The summed E-state index contributed by atoms with van der Waals surface area (Å²) in [5.74, 6) is 1.79. The molecule has 0 aliphatic carbocycles. The molecule has 8 heteroatoms. The minimum absolute atomic E-state index is 0.134. The lowest BCUT2D eigenvalue weighted by atomic mass is 10.2. The SMILES string of the molecule is Cc1noc(C)c1S(=O)(=O)NCCSCc1ccc(Cl)cc1. The van der Waals surface area contributed by atoms with Crippen molar-refractivity contribution >= 4 is 33.4 Å². The molecule has 0 bridgehead atoms. The number of rotatable bonds is 7. The molecule has 1 heterocycles. The Hall–Kier alpha value is -1.02. The van der Waals surface area contributed by atoms with Crippen LogP contribution in [-0.4, -0.2) is 25.9 Å². The average molecular weight is 361 g/mol. The molecule has 0 aliphatic rings. The Balaban J connectivity index is 1.80. The van der Waals surface area contributed by atoms with Gasteiger partial charge in [-0.05, 0) is 31.5 Å². The molecule has 2 rings (SSSR count). The van der Waals surface area contributed by atoms with E-state index in [2.05, 4.69) is 9.88 Å². The molecule has 5 nitrogen and oxygen atoms in total. The van der Waals surface area contributed by atoms with E-state index >= 15 is 0 Å². The van der Waals surface area contributed by atoms with Gasteiger partial charge in [0.1, 0.15) is 10.6 Å². The van der Waals surface area contributed by atoms with Crippen LogP contribution in [0.5, 0.6) is 0 Å². The van der Waals surface area contributed by atoms with Gasteiger partial charge in [0.05, 0.1) is 0 Å². The number of sulfonamides is 1. The predicted octanol–water partition coefficient (Wildman–Crippen LogP) is 3.16. The van der Waals surface area contributed by atoms with Gasteiger partial charge in [-0.1, -0.05) is 28.9 Å². The summed E-state index contributed by atoms with van der Waals surface area (Å²) in [4.78, 5) is 0.134. The monoisotopic (exact) mass is 360 g/mol. The van der Waals surface area contributed by atoms with Gasteiger partial charge in [0, 0.05) is 23.1 Å². The summed E-state index contributed by atoms with van der Waals surface area (Å²) in [6.07, 6.45) is 0. The number of aromatic nitrogens is 1. The van der Waals surface area contributed by atoms with Crippen molar-refractivity contribution in [3.63, 3.8) is 0 Å². The molecule has 0 atom stereocenters. The second kappa shape index (κ2) is 7.50. The minimum atomic E-state index is -3.57. The summed E-state index contributed by atoms with van der Waals surface area (Å²) in [5, 5.41) is 4.37. The first-order valence-corrected chi connectivity index (χ1v) is 9.66. The van der Waals surface area contributed by atoms with Crippen molar-refractivity contribution in [2.75, 3.05) is 12.3 Å². The maximum absolute atomic E-state index is 12.2. The van der Waals surface area contributed by atoms with Gasteiger partial charge in [-0.3, -0.25) is 0 Å². The minimum Gasteiger partial charge on any atom is -0.360 e. The molecule has 1 aromatic carbocycles. The molecular formula is C14H17ClN2O3S2. The van der Waals surface area contributed by atoms with Gasteiger partial charge >= 0.3 is 0 Å². The van der Waals surface area contributed by atoms with Crippen LogP contribution < -0.4 is 4.72 Å². The van der Waals surface area contributed by atoms with E-state index < -0.39 is 10.0 Å². The molecular weight excluding hydrogens is 344 g/mol. The highest BCUT2D eigenvalue weighted by atomic mass is 35.5. The van der Waals surface area contributed by atoms with Crippen LogP contribution in [0.1, 0.15) is 17.0 Å². The van der Waals surface area contributed by atoms with Crippen molar-refractivity contribution in [3.8, 4) is 0 Å². The number of aryl methyl sites for hydroxylation is 2. The summed E-state index contributed by atoms with van der Waals surface area (Å²) < 4.78 is 31.8. The van der Waals surface area contributed by atoms with Crippen LogP contribution >= 0.6 is 23.4 Å². The summed E-state index contributed by atoms with van der Waals surface area (Å²) in [5.41, 5.74) is 1.53. The van der Waals surface area contributed by atoms with Gasteiger partial charge in [-0.15, -0.1) is 0 Å². The van der Waals surface area contributed by atoms with E-state index in [1.54, 1.807) is 25.6 Å². The number of benzene rings is 1. The number of halogens is 1. The molecule has 0 radical (unpaired) electrons. The fraction of sp³-hybridized carbons (Fsp3) is 0.357. The number of hydrogen-bond donors (Lipinski definition) is 1. The van der Waals surface area contributed by atoms with E-state index in [1.807, 2.05) is 24.3 Å². The highest BCUT2D eigenvalue weighted by Gasteiger charge is 2.23. The Morgan fingerprint density at radius 2 is 1.95 bits per heavy atom. The molecule has 2 aromatic rings. The topological polar surface area (TPSA) is 72.2 Å². The maximum atomic E-state index is 12.2. The number of thioether (sulfide) groups is 1. The largest absolute Gasteiger partial charge is 0.360 e. The van der Waals surface area contributed by atoms with Crippen LogP contribution in [-0.2, 0) is 15.8 Å². The van der Waals surface area contributed by atoms with Gasteiger partial charge in [-0.25, -0.2) is 13.1 Å². The molecule has 0 amide bonds. The Labute approximate surface area is 139 Å². The van der Waals surface area contributed by atoms with E-state index in [4.69, 9.17) is 16.1 Å². The molecule has 1 N–H and O–H groups in total. The van der Waals surface area contributed by atoms with Crippen molar-refractivity contribution in [2.45, 2.75) is 24.5 Å². The predicted molar refractivity (Wildman–Crippen MR) is 88.8 cm³/mol. The Bertz CT molecular complexity index is 708. The van der Waals surface area contributed by atoms with Gasteiger partial charge < -0.3 is 4.52 Å². The van der Waals surface area contributed by atoms with E-state index in [-0.39, 0.29) is 4.90 Å². The number of nitrogens with one attached hydrogen (secondary N) is 1. The van der Waals surface area contributed by atoms with Gasteiger partial charge in [-0.2, -0.15) is 11.8 Å². The second-order valence-electron chi connectivity index (χ2n) is 4.73. The molecule has 0 fully saturated rings. The zero-order valence-electron chi connectivity index (χ0n) is 12.3. The van der Waals surface area contributed by atoms with E-state index in [9.17, 15) is 8.42 Å². The lowest BCUT2D eigenvalue weighted by molar-refractivity contribution is 0.390. The molecule has 0 saturated carbocycles. The van der Waals surface area contributed by atoms with Crippen molar-refractivity contribution in [1.82, 2.24) is 9.88 Å². The van der Waals surface area contributed by atoms with Crippen LogP contribution in [0.4, 0.5) is 0 Å². The normalized spacial score (nSPS) is 11.8. The Morgan fingerprint density at radius 3 is 2.55 bits per heavy atom. The molecule has 0 unspecified atom stereocenters. The average Bonchev–Trinajstić information content (AvgIpc) is 2.80. The third-order valence-electron chi connectivity index (χ3n) is 2.96. The van der Waals surface area contributed by atoms with Crippen molar-refractivity contribution < 1.29 is 12.9 Å². The number of nitrogens with zero attached hydrogens (tertiary/aromatic N) is 1. The third kappa shape index (κ3) is 4.49. The van der Waals surface area contributed by atoms with E-state index in [0.717, 1.165) is 11.3 Å². The smallest absolute Gasteiger partial charge is 0.245 e. The Morgan fingerprint density at radius 1 is 1.27 bits per heavy atom. The lowest BCUT2D eigenvalue weighted by Gasteiger charge is -2.06. The Kier molecular flexibility index (Phi) is 5.91. The van der Waals surface area contributed by atoms with Crippen molar-refractivity contribution in [1.29, 1.82) is 0 Å². The molecule has 0 spiro atoms. The molecule has 120 valence electrons. The molecule has 0 saturated heterocycles. The molecule has 1 aromatic heterocycles. The zero-order chi connectivity index (χ0) is 16.2. The molecule has 22 heavy (non-hydrogen) atoms. The van der Waals surface area contributed by atoms with Gasteiger partial charge in [0.15, 0.2) is 5.76 Å². The van der Waals surface area contributed by atoms with Crippen LogP contribution in [0.3, 0.4) is 0 Å². The first-order chi connectivity index (χ1) is 10.4. The fourth-order valence-corrected chi connectivity index (χ4v) is 4.38. The quantitative estimate of drug-likeness (QED) is 0.768. The highest BCUT2D eigenvalue weighted by Crippen LogP contribution is 2.19.